The van der Waals surface area contributed by atoms with Gasteiger partial charge in [-0.25, -0.2) is 4.98 Å². The zero-order valence-corrected chi connectivity index (χ0v) is 17.2. The molecule has 2 unspecified atom stereocenters. The zero-order chi connectivity index (χ0) is 18.8. The highest BCUT2D eigenvalue weighted by Crippen LogP contribution is 2.32. The molecule has 0 saturated heterocycles. The highest BCUT2D eigenvalue weighted by atomic mass is 79.9. The van der Waals surface area contributed by atoms with Gasteiger partial charge in [0.05, 0.1) is 16.4 Å². The Morgan fingerprint density at radius 1 is 1.33 bits per heavy atom. The molecular formula is C21H20BrClN4. The molecule has 27 heavy (non-hydrogen) atoms. The second-order valence-electron chi connectivity index (χ2n) is 7.01. The van der Waals surface area contributed by atoms with Crippen LogP contribution in [0.5, 0.6) is 0 Å². The molecule has 1 aromatic carbocycles. The third kappa shape index (κ3) is 3.83. The first kappa shape index (κ1) is 18.3. The van der Waals surface area contributed by atoms with Gasteiger partial charge in [-0.15, -0.1) is 12.3 Å². The van der Waals surface area contributed by atoms with Crippen LogP contribution in [-0.2, 0) is 0 Å². The average Bonchev–Trinajstić information content (AvgIpc) is 3.07. The summed E-state index contributed by atoms with van der Waals surface area (Å²) in [5.41, 5.74) is 2.49. The van der Waals surface area contributed by atoms with E-state index in [1.54, 1.807) is 6.20 Å². The van der Waals surface area contributed by atoms with Gasteiger partial charge >= 0.3 is 0 Å². The van der Waals surface area contributed by atoms with Crippen molar-refractivity contribution >= 4 is 39.0 Å². The van der Waals surface area contributed by atoms with Gasteiger partial charge in [0.15, 0.2) is 5.65 Å². The first-order valence-electron chi connectivity index (χ1n) is 9.15. The number of nitrogens with one attached hydrogen (secondary N) is 1. The number of fused-ring (bicyclic) bond motifs is 1. The Balaban J connectivity index is 1.65. The first-order chi connectivity index (χ1) is 13.2. The van der Waals surface area contributed by atoms with Crippen LogP contribution in [0.3, 0.4) is 0 Å². The van der Waals surface area contributed by atoms with Crippen molar-refractivity contribution in [2.75, 3.05) is 11.9 Å². The molecule has 4 rings (SSSR count). The van der Waals surface area contributed by atoms with Crippen molar-refractivity contribution in [1.82, 2.24) is 14.6 Å². The van der Waals surface area contributed by atoms with Crippen LogP contribution in [0.1, 0.15) is 25.7 Å². The Morgan fingerprint density at radius 2 is 2.19 bits per heavy atom. The van der Waals surface area contributed by atoms with Gasteiger partial charge in [-0.2, -0.15) is 9.61 Å². The van der Waals surface area contributed by atoms with Crippen LogP contribution in [0, 0.1) is 24.2 Å². The lowest BCUT2D eigenvalue weighted by Crippen LogP contribution is -2.22. The van der Waals surface area contributed by atoms with E-state index in [9.17, 15) is 0 Å². The highest BCUT2D eigenvalue weighted by molar-refractivity contribution is 9.10. The molecule has 1 aliphatic carbocycles. The van der Waals surface area contributed by atoms with Gasteiger partial charge < -0.3 is 5.32 Å². The second-order valence-corrected chi connectivity index (χ2v) is 8.27. The molecule has 0 spiro atoms. The van der Waals surface area contributed by atoms with Crippen LogP contribution in [0.4, 0.5) is 5.82 Å². The van der Waals surface area contributed by atoms with Crippen LogP contribution < -0.4 is 5.32 Å². The summed E-state index contributed by atoms with van der Waals surface area (Å²) in [5.74, 6) is 4.81. The number of hydrogen-bond donors (Lipinski definition) is 1. The zero-order valence-electron chi connectivity index (χ0n) is 14.8. The maximum atomic E-state index is 6.39. The summed E-state index contributed by atoms with van der Waals surface area (Å²) in [6.07, 6.45) is 12.0. The number of aromatic nitrogens is 3. The second kappa shape index (κ2) is 7.92. The third-order valence-electron chi connectivity index (χ3n) is 5.17. The lowest BCUT2D eigenvalue weighted by molar-refractivity contribution is 0.323. The van der Waals surface area contributed by atoms with Crippen molar-refractivity contribution in [3.05, 3.63) is 46.0 Å². The minimum atomic E-state index is 0.403. The molecular weight excluding hydrogens is 424 g/mol. The maximum Gasteiger partial charge on any atom is 0.172 e. The lowest BCUT2D eigenvalue weighted by Gasteiger charge is -2.26. The first-order valence-corrected chi connectivity index (χ1v) is 10.3. The molecule has 0 radical (unpaired) electrons. The minimum Gasteiger partial charge on any atom is -0.370 e. The molecule has 2 aromatic heterocycles. The average molecular weight is 444 g/mol. The van der Waals surface area contributed by atoms with E-state index in [1.807, 2.05) is 34.8 Å². The quantitative estimate of drug-likeness (QED) is 0.529. The molecule has 4 nitrogen and oxygen atoms in total. The van der Waals surface area contributed by atoms with E-state index in [0.29, 0.717) is 16.9 Å². The number of rotatable bonds is 4. The summed E-state index contributed by atoms with van der Waals surface area (Å²) in [4.78, 5) is 4.75. The Labute approximate surface area is 172 Å². The van der Waals surface area contributed by atoms with E-state index >= 15 is 0 Å². The summed E-state index contributed by atoms with van der Waals surface area (Å²) in [6, 6.07) is 9.75. The van der Waals surface area contributed by atoms with E-state index in [4.69, 9.17) is 23.0 Å². The minimum absolute atomic E-state index is 0.403. The molecule has 0 aliphatic heterocycles. The molecule has 2 atom stereocenters. The molecule has 1 N–H and O–H groups in total. The van der Waals surface area contributed by atoms with E-state index in [1.165, 1.54) is 12.8 Å². The predicted octanol–water partition coefficient (Wildman–Crippen LogP) is 5.66. The molecule has 1 saturated carbocycles. The van der Waals surface area contributed by atoms with Gasteiger partial charge in [-0.3, -0.25) is 0 Å². The fourth-order valence-corrected chi connectivity index (χ4v) is 4.33. The monoisotopic (exact) mass is 442 g/mol. The normalized spacial score (nSPS) is 19.7. The summed E-state index contributed by atoms with van der Waals surface area (Å²) < 4.78 is 2.68. The van der Waals surface area contributed by atoms with E-state index in [2.05, 4.69) is 32.3 Å². The van der Waals surface area contributed by atoms with Gasteiger partial charge in [0.2, 0.25) is 0 Å². The Bertz CT molecular complexity index is 1010. The topological polar surface area (TPSA) is 42.2 Å². The molecule has 2 heterocycles. The van der Waals surface area contributed by atoms with Gasteiger partial charge in [0.1, 0.15) is 5.82 Å². The van der Waals surface area contributed by atoms with E-state index < -0.39 is 0 Å². The summed E-state index contributed by atoms with van der Waals surface area (Å²) in [5, 5.41) is 8.70. The van der Waals surface area contributed by atoms with Crippen molar-refractivity contribution in [3.8, 4) is 23.6 Å². The lowest BCUT2D eigenvalue weighted by atomic mass is 9.82. The molecule has 0 amide bonds. The van der Waals surface area contributed by atoms with Crippen LogP contribution in [0.15, 0.2) is 41.0 Å². The standard InChI is InChI=1S/C21H20BrClN4/c1-2-14-6-5-7-15(10-14)12-24-20-11-19(16-8-3-4-9-18(16)23)26-21-17(22)13-25-27(20)21/h1,3-4,8-9,11,13-15,24H,5-7,10,12H2. The van der Waals surface area contributed by atoms with Crippen molar-refractivity contribution in [1.29, 1.82) is 0 Å². The van der Waals surface area contributed by atoms with E-state index in [-0.39, 0.29) is 0 Å². The largest absolute Gasteiger partial charge is 0.370 e. The summed E-state index contributed by atoms with van der Waals surface area (Å²) in [7, 11) is 0. The van der Waals surface area contributed by atoms with Crippen LogP contribution in [0.2, 0.25) is 5.02 Å². The van der Waals surface area contributed by atoms with Crippen LogP contribution in [-0.4, -0.2) is 21.1 Å². The van der Waals surface area contributed by atoms with Crippen molar-refractivity contribution in [3.63, 3.8) is 0 Å². The molecule has 0 bridgehead atoms. The summed E-state index contributed by atoms with van der Waals surface area (Å²) >= 11 is 9.94. The molecule has 3 aromatic rings. The summed E-state index contributed by atoms with van der Waals surface area (Å²) in [6.45, 7) is 0.872. The van der Waals surface area contributed by atoms with Crippen LogP contribution in [0.25, 0.3) is 16.9 Å². The Hall–Kier alpha value is -2.03. The smallest absolute Gasteiger partial charge is 0.172 e. The molecule has 1 aliphatic rings. The van der Waals surface area contributed by atoms with Crippen molar-refractivity contribution < 1.29 is 0 Å². The SMILES string of the molecule is C#CC1CCCC(CNc2cc(-c3ccccc3Cl)nc3c(Br)cnn23)C1. The number of halogens is 2. The van der Waals surface area contributed by atoms with E-state index in [0.717, 1.165) is 46.6 Å². The number of anilines is 1. The number of hydrogen-bond acceptors (Lipinski definition) is 3. The molecule has 1 fully saturated rings. The third-order valence-corrected chi connectivity index (χ3v) is 6.06. The molecule has 6 heteroatoms. The maximum absolute atomic E-state index is 6.39. The Morgan fingerprint density at radius 3 is 3.00 bits per heavy atom. The van der Waals surface area contributed by atoms with Gasteiger partial charge in [-0.1, -0.05) is 36.2 Å². The number of nitrogens with zero attached hydrogens (tertiary/aromatic N) is 3. The number of benzene rings is 1. The fourth-order valence-electron chi connectivity index (χ4n) is 3.75. The van der Waals surface area contributed by atoms with Crippen LogP contribution >= 0.6 is 27.5 Å². The Kier molecular flexibility index (Phi) is 5.38. The number of terminal acetylenes is 1. The van der Waals surface area contributed by atoms with Gasteiger partial charge in [0.25, 0.3) is 0 Å². The van der Waals surface area contributed by atoms with Gasteiger partial charge in [0, 0.05) is 29.1 Å². The fraction of sp³-hybridized carbons (Fsp3) is 0.333. The molecule has 138 valence electrons. The van der Waals surface area contributed by atoms with Crippen molar-refractivity contribution in [2.45, 2.75) is 25.7 Å². The van der Waals surface area contributed by atoms with Crippen molar-refractivity contribution in [2.24, 2.45) is 11.8 Å². The highest BCUT2D eigenvalue weighted by Gasteiger charge is 2.21. The predicted molar refractivity (Wildman–Crippen MR) is 114 cm³/mol. The van der Waals surface area contributed by atoms with Gasteiger partial charge in [-0.05, 0) is 47.2 Å².